The van der Waals surface area contributed by atoms with E-state index in [2.05, 4.69) is 4.98 Å². The van der Waals surface area contributed by atoms with Crippen molar-refractivity contribution in [3.05, 3.63) is 70.9 Å². The van der Waals surface area contributed by atoms with Gasteiger partial charge < -0.3 is 10.1 Å². The Bertz CT molecular complexity index is 944. The Morgan fingerprint density at radius 2 is 1.85 bits per heavy atom. The van der Waals surface area contributed by atoms with Crippen LogP contribution in [0, 0.1) is 0 Å². The van der Waals surface area contributed by atoms with Gasteiger partial charge in [-0.15, -0.1) is 0 Å². The maximum atomic E-state index is 13.5. The van der Waals surface area contributed by atoms with Gasteiger partial charge in [0, 0.05) is 23.0 Å². The van der Waals surface area contributed by atoms with Crippen LogP contribution in [0.3, 0.4) is 0 Å². The van der Waals surface area contributed by atoms with Crippen LogP contribution in [-0.2, 0) is 17.4 Å². The van der Waals surface area contributed by atoms with E-state index in [1.165, 1.54) is 18.2 Å². The maximum absolute atomic E-state index is 13.5. The highest BCUT2D eigenvalue weighted by Gasteiger charge is 2.36. The molecule has 0 aliphatic carbocycles. The summed E-state index contributed by atoms with van der Waals surface area (Å²) < 4.78 is 40.4. The second kappa shape index (κ2) is 6.86. The minimum Gasteiger partial charge on any atom is -0.481 e. The van der Waals surface area contributed by atoms with Crippen LogP contribution in [0.25, 0.3) is 10.9 Å². The number of benzene rings is 2. The molecule has 0 spiro atoms. The summed E-state index contributed by atoms with van der Waals surface area (Å²) in [6.07, 6.45) is -2.57. The van der Waals surface area contributed by atoms with Crippen molar-refractivity contribution in [3.8, 4) is 0 Å². The number of halogens is 3. The number of hydrogen-bond acceptors (Lipinski definition) is 1. The first kappa shape index (κ1) is 18.0. The van der Waals surface area contributed by atoms with Crippen molar-refractivity contribution in [2.45, 2.75) is 31.9 Å². The summed E-state index contributed by atoms with van der Waals surface area (Å²) in [5.41, 5.74) is 1.61. The average Bonchev–Trinajstić information content (AvgIpc) is 3.02. The van der Waals surface area contributed by atoms with E-state index in [-0.39, 0.29) is 5.56 Å². The quantitative estimate of drug-likeness (QED) is 0.643. The van der Waals surface area contributed by atoms with Crippen LogP contribution >= 0.6 is 0 Å². The Morgan fingerprint density at radius 3 is 2.50 bits per heavy atom. The SMILES string of the molecule is CCc1cccc2c(C(CC(=O)O)c3ccccc3C(F)(F)F)c[nH]c12. The number of nitrogens with one attached hydrogen (secondary N) is 1. The minimum absolute atomic E-state index is 0.0230. The largest absolute Gasteiger partial charge is 0.481 e. The minimum atomic E-state index is -4.55. The molecule has 1 heterocycles. The molecule has 1 aromatic heterocycles. The molecule has 3 rings (SSSR count). The van der Waals surface area contributed by atoms with Crippen molar-refractivity contribution in [1.82, 2.24) is 4.98 Å². The molecule has 0 saturated carbocycles. The van der Waals surface area contributed by atoms with E-state index in [0.29, 0.717) is 5.56 Å². The molecule has 0 radical (unpaired) electrons. The summed E-state index contributed by atoms with van der Waals surface area (Å²) in [4.78, 5) is 14.5. The number of hydrogen-bond donors (Lipinski definition) is 2. The smallest absolute Gasteiger partial charge is 0.416 e. The maximum Gasteiger partial charge on any atom is 0.416 e. The van der Waals surface area contributed by atoms with Gasteiger partial charge in [0.05, 0.1) is 12.0 Å². The van der Waals surface area contributed by atoms with Gasteiger partial charge in [-0.3, -0.25) is 4.79 Å². The molecule has 26 heavy (non-hydrogen) atoms. The molecular formula is C20H18F3NO2. The first-order valence-electron chi connectivity index (χ1n) is 8.29. The number of rotatable bonds is 5. The van der Waals surface area contributed by atoms with Gasteiger partial charge in [-0.1, -0.05) is 43.3 Å². The van der Waals surface area contributed by atoms with E-state index in [1.807, 2.05) is 25.1 Å². The second-order valence-corrected chi connectivity index (χ2v) is 6.17. The summed E-state index contributed by atoms with van der Waals surface area (Å²) in [6.45, 7) is 1.99. The molecule has 0 amide bonds. The molecule has 2 aromatic carbocycles. The summed E-state index contributed by atoms with van der Waals surface area (Å²) in [5, 5.41) is 10.1. The van der Waals surface area contributed by atoms with Crippen molar-refractivity contribution in [2.24, 2.45) is 0 Å². The number of H-pyrrole nitrogens is 1. The summed E-state index contributed by atoms with van der Waals surface area (Å²) in [5.74, 6) is -2.04. The van der Waals surface area contributed by atoms with Crippen LogP contribution in [0.4, 0.5) is 13.2 Å². The lowest BCUT2D eigenvalue weighted by molar-refractivity contribution is -0.140. The number of para-hydroxylation sites is 1. The van der Waals surface area contributed by atoms with Crippen LogP contribution < -0.4 is 0 Å². The molecule has 3 aromatic rings. The third-order valence-corrected chi connectivity index (χ3v) is 4.61. The first-order chi connectivity index (χ1) is 12.3. The summed E-state index contributed by atoms with van der Waals surface area (Å²) >= 11 is 0. The van der Waals surface area contributed by atoms with E-state index < -0.39 is 30.0 Å². The highest BCUT2D eigenvalue weighted by molar-refractivity contribution is 5.87. The van der Waals surface area contributed by atoms with Crippen molar-refractivity contribution in [3.63, 3.8) is 0 Å². The Morgan fingerprint density at radius 1 is 1.12 bits per heavy atom. The predicted molar refractivity (Wildman–Crippen MR) is 93.2 cm³/mol. The van der Waals surface area contributed by atoms with Crippen molar-refractivity contribution in [1.29, 1.82) is 0 Å². The van der Waals surface area contributed by atoms with Gasteiger partial charge in [0.1, 0.15) is 0 Å². The third kappa shape index (κ3) is 3.31. The Balaban J connectivity index is 2.23. The van der Waals surface area contributed by atoms with Gasteiger partial charge in [0.2, 0.25) is 0 Å². The fourth-order valence-corrected chi connectivity index (χ4v) is 3.44. The first-order valence-corrected chi connectivity index (χ1v) is 8.29. The zero-order valence-corrected chi connectivity index (χ0v) is 14.1. The Labute approximate surface area is 148 Å². The third-order valence-electron chi connectivity index (χ3n) is 4.61. The fraction of sp³-hybridized carbons (Fsp3) is 0.250. The molecule has 2 N–H and O–H groups in total. The lowest BCUT2D eigenvalue weighted by Crippen LogP contribution is -2.15. The zero-order valence-electron chi connectivity index (χ0n) is 14.1. The lowest BCUT2D eigenvalue weighted by atomic mass is 9.85. The van der Waals surface area contributed by atoms with Crippen molar-refractivity contribution in [2.75, 3.05) is 0 Å². The van der Waals surface area contributed by atoms with Crippen LogP contribution in [0.5, 0.6) is 0 Å². The van der Waals surface area contributed by atoms with Crippen LogP contribution in [-0.4, -0.2) is 16.1 Å². The molecule has 0 fully saturated rings. The average molecular weight is 361 g/mol. The van der Waals surface area contributed by atoms with Gasteiger partial charge in [-0.25, -0.2) is 0 Å². The predicted octanol–water partition coefficient (Wildman–Crippen LogP) is 5.36. The van der Waals surface area contributed by atoms with Gasteiger partial charge in [0.15, 0.2) is 0 Å². The lowest BCUT2D eigenvalue weighted by Gasteiger charge is -2.20. The van der Waals surface area contributed by atoms with Gasteiger partial charge >= 0.3 is 12.1 Å². The van der Waals surface area contributed by atoms with E-state index in [9.17, 15) is 23.1 Å². The number of aromatic amines is 1. The number of alkyl halides is 3. The molecule has 3 nitrogen and oxygen atoms in total. The molecule has 0 saturated heterocycles. The summed E-state index contributed by atoms with van der Waals surface area (Å²) in [7, 11) is 0. The molecule has 0 bridgehead atoms. The van der Waals surface area contributed by atoms with Crippen LogP contribution in [0.2, 0.25) is 0 Å². The molecule has 0 aliphatic rings. The Kier molecular flexibility index (Phi) is 4.76. The molecule has 1 unspecified atom stereocenters. The van der Waals surface area contributed by atoms with Crippen LogP contribution in [0.1, 0.15) is 41.5 Å². The number of carbonyl (C=O) groups is 1. The number of fused-ring (bicyclic) bond motifs is 1. The molecule has 0 aliphatic heterocycles. The number of aromatic nitrogens is 1. The monoisotopic (exact) mass is 361 g/mol. The van der Waals surface area contributed by atoms with Crippen molar-refractivity contribution >= 4 is 16.9 Å². The number of aliphatic carboxylic acids is 1. The molecule has 136 valence electrons. The molecule has 6 heteroatoms. The molecular weight excluding hydrogens is 343 g/mol. The highest BCUT2D eigenvalue weighted by Crippen LogP contribution is 2.41. The topological polar surface area (TPSA) is 53.1 Å². The number of aryl methyl sites for hydroxylation is 1. The highest BCUT2D eigenvalue weighted by atomic mass is 19.4. The van der Waals surface area contributed by atoms with E-state index in [1.54, 1.807) is 6.20 Å². The number of carboxylic acids is 1. The van der Waals surface area contributed by atoms with Gasteiger partial charge in [-0.05, 0) is 29.2 Å². The fourth-order valence-electron chi connectivity index (χ4n) is 3.44. The zero-order chi connectivity index (χ0) is 18.9. The molecule has 1 atom stereocenters. The number of carboxylic acid groups (broad SMARTS) is 1. The van der Waals surface area contributed by atoms with Gasteiger partial charge in [-0.2, -0.15) is 13.2 Å². The van der Waals surface area contributed by atoms with Crippen molar-refractivity contribution < 1.29 is 23.1 Å². The van der Waals surface area contributed by atoms with E-state index >= 15 is 0 Å². The van der Waals surface area contributed by atoms with Crippen LogP contribution in [0.15, 0.2) is 48.7 Å². The second-order valence-electron chi connectivity index (χ2n) is 6.17. The Hall–Kier alpha value is -2.76. The van der Waals surface area contributed by atoms with E-state index in [4.69, 9.17) is 0 Å². The normalized spacial score (nSPS) is 13.1. The van der Waals surface area contributed by atoms with Gasteiger partial charge in [0.25, 0.3) is 0 Å². The summed E-state index contributed by atoms with van der Waals surface area (Å²) in [6, 6.07) is 10.8. The standard InChI is InChI=1S/C20H18F3NO2/c1-2-12-6-5-8-14-16(11-24-19(12)14)15(10-18(25)26)13-7-3-4-9-17(13)20(21,22)23/h3-9,11,15,24H,2,10H2,1H3,(H,25,26). The van der Waals surface area contributed by atoms with E-state index in [0.717, 1.165) is 29.0 Å².